The highest BCUT2D eigenvalue weighted by molar-refractivity contribution is 7.92. The summed E-state index contributed by atoms with van der Waals surface area (Å²) in [6.07, 6.45) is -2.58. The van der Waals surface area contributed by atoms with E-state index < -0.39 is 26.8 Å². The summed E-state index contributed by atoms with van der Waals surface area (Å²) in [4.78, 5) is -0.250. The summed E-state index contributed by atoms with van der Waals surface area (Å²) in [6.45, 7) is 0. The molecule has 112 valence electrons. The lowest BCUT2D eigenvalue weighted by atomic mass is 10.2. The van der Waals surface area contributed by atoms with E-state index in [0.717, 1.165) is 31.0 Å². The molecular weight excluding hydrogens is 291 g/mol. The number of benzene rings is 1. The minimum Gasteiger partial charge on any atom is -0.316 e. The Labute approximate surface area is 116 Å². The monoisotopic (exact) mass is 307 g/mol. The lowest BCUT2D eigenvalue weighted by molar-refractivity contribution is -0.137. The minimum atomic E-state index is -4.54. The van der Waals surface area contributed by atoms with Crippen LogP contribution in [0.1, 0.15) is 24.8 Å². The Morgan fingerprint density at radius 2 is 1.95 bits per heavy atom. The molecule has 0 radical (unpaired) electrons. The molecule has 0 amide bonds. The lowest BCUT2D eigenvalue weighted by Crippen LogP contribution is -2.38. The molecule has 1 aliphatic rings. The van der Waals surface area contributed by atoms with Gasteiger partial charge in [0, 0.05) is 6.04 Å². The van der Waals surface area contributed by atoms with Gasteiger partial charge in [-0.2, -0.15) is 13.2 Å². The van der Waals surface area contributed by atoms with Crippen LogP contribution in [-0.2, 0) is 16.0 Å². The van der Waals surface area contributed by atoms with E-state index in [1.807, 2.05) is 0 Å². The van der Waals surface area contributed by atoms with Crippen LogP contribution in [0.2, 0.25) is 0 Å². The third-order valence-electron chi connectivity index (χ3n) is 3.71. The minimum absolute atomic E-state index is 0.199. The average molecular weight is 307 g/mol. The molecule has 0 saturated heterocycles. The molecule has 3 nitrogen and oxygen atoms in total. The maximum absolute atomic E-state index is 12.7. The Hall–Kier alpha value is -1.08. The van der Waals surface area contributed by atoms with Crippen LogP contribution in [0, 0.1) is 0 Å². The molecule has 1 saturated carbocycles. The Morgan fingerprint density at radius 1 is 1.25 bits per heavy atom. The summed E-state index contributed by atoms with van der Waals surface area (Å²) < 4.78 is 63.0. The van der Waals surface area contributed by atoms with Gasteiger partial charge in [0.2, 0.25) is 0 Å². The average Bonchev–Trinajstić information content (AvgIpc) is 2.87. The first-order chi connectivity index (χ1) is 9.26. The van der Waals surface area contributed by atoms with Crippen molar-refractivity contribution >= 4 is 9.84 Å². The fourth-order valence-electron chi connectivity index (χ4n) is 2.65. The molecular formula is C13H16F3NO2S. The Morgan fingerprint density at radius 3 is 2.55 bits per heavy atom. The van der Waals surface area contributed by atoms with Crippen molar-refractivity contribution in [2.75, 3.05) is 7.05 Å². The second-order valence-corrected chi connectivity index (χ2v) is 7.10. The van der Waals surface area contributed by atoms with E-state index in [1.165, 1.54) is 6.07 Å². The third-order valence-corrected chi connectivity index (χ3v) is 5.98. The van der Waals surface area contributed by atoms with Gasteiger partial charge in [-0.1, -0.05) is 12.5 Å². The van der Waals surface area contributed by atoms with Crippen molar-refractivity contribution in [1.82, 2.24) is 5.32 Å². The van der Waals surface area contributed by atoms with Crippen LogP contribution in [0.3, 0.4) is 0 Å². The maximum atomic E-state index is 12.7. The van der Waals surface area contributed by atoms with Gasteiger partial charge in [0.05, 0.1) is 15.7 Å². The van der Waals surface area contributed by atoms with Crippen molar-refractivity contribution in [2.45, 2.75) is 41.6 Å². The van der Waals surface area contributed by atoms with Gasteiger partial charge < -0.3 is 5.32 Å². The summed E-state index contributed by atoms with van der Waals surface area (Å²) >= 11 is 0. The Bertz CT molecular complexity index is 584. The van der Waals surface area contributed by atoms with E-state index in [0.29, 0.717) is 6.42 Å². The van der Waals surface area contributed by atoms with Gasteiger partial charge in [0.25, 0.3) is 0 Å². The van der Waals surface area contributed by atoms with Gasteiger partial charge in [-0.3, -0.25) is 0 Å². The number of rotatable bonds is 3. The normalized spacial score (nSPS) is 24.0. The van der Waals surface area contributed by atoms with Crippen LogP contribution < -0.4 is 5.32 Å². The molecule has 1 aromatic carbocycles. The number of hydrogen-bond acceptors (Lipinski definition) is 3. The second kappa shape index (κ2) is 5.37. The molecule has 1 aliphatic carbocycles. The molecule has 0 aromatic heterocycles. The Balaban J connectivity index is 2.40. The molecule has 2 unspecified atom stereocenters. The van der Waals surface area contributed by atoms with E-state index in [1.54, 1.807) is 7.05 Å². The van der Waals surface area contributed by atoms with E-state index >= 15 is 0 Å². The molecule has 1 N–H and O–H groups in total. The van der Waals surface area contributed by atoms with Crippen LogP contribution in [0.15, 0.2) is 29.2 Å². The standard InChI is InChI=1S/C13H16F3NO2S/c1-17-11-6-3-7-12(11)20(18,19)10-5-2-4-9(8-10)13(14,15)16/h2,4-5,8,11-12,17H,3,6-7H2,1H3. The zero-order chi connectivity index (χ0) is 15.0. The smallest absolute Gasteiger partial charge is 0.316 e. The van der Waals surface area contributed by atoms with Crippen molar-refractivity contribution in [2.24, 2.45) is 0 Å². The summed E-state index contributed by atoms with van der Waals surface area (Å²) in [7, 11) is -2.07. The predicted octanol–water partition coefficient (Wildman–Crippen LogP) is 2.62. The zero-order valence-electron chi connectivity index (χ0n) is 10.9. The predicted molar refractivity (Wildman–Crippen MR) is 69.1 cm³/mol. The first kappa shape index (κ1) is 15.3. The fourth-order valence-corrected chi connectivity index (χ4v) is 4.74. The Kier molecular flexibility index (Phi) is 4.11. The van der Waals surface area contributed by atoms with Crippen LogP contribution in [0.25, 0.3) is 0 Å². The number of alkyl halides is 3. The fraction of sp³-hybridized carbons (Fsp3) is 0.538. The van der Waals surface area contributed by atoms with E-state index in [2.05, 4.69) is 5.32 Å². The quantitative estimate of drug-likeness (QED) is 0.934. The van der Waals surface area contributed by atoms with Crippen LogP contribution >= 0.6 is 0 Å². The molecule has 1 aromatic rings. The highest BCUT2D eigenvalue weighted by atomic mass is 32.2. The second-order valence-electron chi connectivity index (χ2n) is 4.94. The van der Waals surface area contributed by atoms with Gasteiger partial charge >= 0.3 is 6.18 Å². The van der Waals surface area contributed by atoms with Crippen LogP contribution in [0.5, 0.6) is 0 Å². The van der Waals surface area contributed by atoms with Gasteiger partial charge in [-0.15, -0.1) is 0 Å². The maximum Gasteiger partial charge on any atom is 0.416 e. The molecule has 0 heterocycles. The highest BCUT2D eigenvalue weighted by Gasteiger charge is 2.39. The van der Waals surface area contributed by atoms with Crippen molar-refractivity contribution in [1.29, 1.82) is 0 Å². The number of halogens is 3. The summed E-state index contributed by atoms with van der Waals surface area (Å²) in [6, 6.07) is 3.77. The molecule has 0 bridgehead atoms. The summed E-state index contributed by atoms with van der Waals surface area (Å²) in [5, 5.41) is 2.28. The molecule has 2 rings (SSSR count). The van der Waals surface area contributed by atoms with Crippen molar-refractivity contribution < 1.29 is 21.6 Å². The summed E-state index contributed by atoms with van der Waals surface area (Å²) in [5.74, 6) is 0. The van der Waals surface area contributed by atoms with Gasteiger partial charge in [-0.25, -0.2) is 8.42 Å². The van der Waals surface area contributed by atoms with Gasteiger partial charge in [0.15, 0.2) is 9.84 Å². The number of nitrogens with one attached hydrogen (secondary N) is 1. The molecule has 7 heteroatoms. The van der Waals surface area contributed by atoms with E-state index in [9.17, 15) is 21.6 Å². The van der Waals surface area contributed by atoms with Gasteiger partial charge in [0.1, 0.15) is 0 Å². The lowest BCUT2D eigenvalue weighted by Gasteiger charge is -2.20. The molecule has 2 atom stereocenters. The van der Waals surface area contributed by atoms with Crippen LogP contribution in [0.4, 0.5) is 13.2 Å². The molecule has 1 fully saturated rings. The molecule has 0 spiro atoms. The number of hydrogen-bond donors (Lipinski definition) is 1. The van der Waals surface area contributed by atoms with Crippen molar-refractivity contribution in [3.8, 4) is 0 Å². The first-order valence-electron chi connectivity index (χ1n) is 6.35. The molecule has 20 heavy (non-hydrogen) atoms. The van der Waals surface area contributed by atoms with Gasteiger partial charge in [-0.05, 0) is 38.1 Å². The van der Waals surface area contributed by atoms with Crippen molar-refractivity contribution in [3.05, 3.63) is 29.8 Å². The first-order valence-corrected chi connectivity index (χ1v) is 7.90. The van der Waals surface area contributed by atoms with E-state index in [4.69, 9.17) is 0 Å². The van der Waals surface area contributed by atoms with Crippen molar-refractivity contribution in [3.63, 3.8) is 0 Å². The SMILES string of the molecule is CNC1CCCC1S(=O)(=O)c1cccc(C(F)(F)F)c1. The number of sulfone groups is 1. The van der Waals surface area contributed by atoms with E-state index in [-0.39, 0.29) is 10.9 Å². The largest absolute Gasteiger partial charge is 0.416 e. The summed E-state index contributed by atoms with van der Waals surface area (Å²) in [5.41, 5.74) is -0.933. The topological polar surface area (TPSA) is 46.2 Å². The molecule has 0 aliphatic heterocycles. The van der Waals surface area contributed by atoms with Crippen LogP contribution in [-0.4, -0.2) is 26.8 Å². The zero-order valence-corrected chi connectivity index (χ0v) is 11.8. The highest BCUT2D eigenvalue weighted by Crippen LogP contribution is 2.34. The third kappa shape index (κ3) is 2.83.